The molecular weight excluding hydrogens is 374 g/mol. The van der Waals surface area contributed by atoms with Crippen molar-refractivity contribution in [3.8, 4) is 0 Å². The molecule has 1 aliphatic heterocycles. The van der Waals surface area contributed by atoms with Crippen LogP contribution in [0, 0.1) is 0 Å². The highest BCUT2D eigenvalue weighted by Crippen LogP contribution is 2.37. The van der Waals surface area contributed by atoms with Crippen LogP contribution in [0.1, 0.15) is 22.0 Å². The van der Waals surface area contributed by atoms with E-state index < -0.39 is 5.97 Å². The predicted molar refractivity (Wildman–Crippen MR) is 101 cm³/mol. The summed E-state index contributed by atoms with van der Waals surface area (Å²) in [6.45, 7) is -0.150. The lowest BCUT2D eigenvalue weighted by Crippen LogP contribution is -2.48. The first-order chi connectivity index (χ1) is 12.5. The minimum Gasteiger partial charge on any atom is -0.480 e. The third-order valence-corrected chi connectivity index (χ3v) is 6.13. The van der Waals surface area contributed by atoms with Gasteiger partial charge in [-0.2, -0.15) is 0 Å². The molecule has 8 heteroatoms. The number of carbonyl (C=O) groups is 2. The van der Waals surface area contributed by atoms with Gasteiger partial charge in [0.1, 0.15) is 6.04 Å². The maximum atomic E-state index is 12.7. The highest BCUT2D eigenvalue weighted by atomic mass is 35.5. The number of carbonyl (C=O) groups excluding carboxylic acids is 1. The highest BCUT2D eigenvalue weighted by Gasteiger charge is 2.36. The number of hydrogen-bond acceptors (Lipinski definition) is 5. The van der Waals surface area contributed by atoms with E-state index in [4.69, 9.17) is 16.7 Å². The number of hydrogen-bond donors (Lipinski definition) is 4. The summed E-state index contributed by atoms with van der Waals surface area (Å²) in [6, 6.07) is 9.02. The van der Waals surface area contributed by atoms with E-state index in [0.717, 1.165) is 21.7 Å². The average molecular weight is 392 g/mol. The molecule has 0 fully saturated rings. The number of amides is 1. The van der Waals surface area contributed by atoms with Gasteiger partial charge in [0.05, 0.1) is 28.7 Å². The highest BCUT2D eigenvalue weighted by molar-refractivity contribution is 7.16. The lowest BCUT2D eigenvalue weighted by Gasteiger charge is -2.24. The maximum Gasteiger partial charge on any atom is 0.317 e. The quantitative estimate of drug-likeness (QED) is 0.627. The van der Waals surface area contributed by atoms with Gasteiger partial charge in [-0.1, -0.05) is 35.9 Å². The summed E-state index contributed by atoms with van der Waals surface area (Å²) in [6.07, 6.45) is 1.30. The molecular formula is C18H18ClN3O3S. The number of nitrogens with one attached hydrogen (secondary N) is 3. The molecule has 1 aromatic carbocycles. The van der Waals surface area contributed by atoms with Gasteiger partial charge in [-0.15, -0.1) is 11.3 Å². The molecule has 2 heterocycles. The number of rotatable bonds is 5. The van der Waals surface area contributed by atoms with Crippen molar-refractivity contribution < 1.29 is 14.7 Å². The van der Waals surface area contributed by atoms with Crippen LogP contribution in [-0.2, 0) is 22.4 Å². The van der Waals surface area contributed by atoms with Crippen molar-refractivity contribution in [2.45, 2.75) is 31.0 Å². The number of aliphatic carboxylic acids is 1. The molecule has 136 valence electrons. The molecule has 1 amide bonds. The fourth-order valence-electron chi connectivity index (χ4n) is 3.71. The van der Waals surface area contributed by atoms with E-state index in [0.29, 0.717) is 17.2 Å². The number of thiophene rings is 1. The summed E-state index contributed by atoms with van der Waals surface area (Å²) in [7, 11) is 0. The van der Waals surface area contributed by atoms with Crippen LogP contribution in [0.4, 0.5) is 5.69 Å². The zero-order chi connectivity index (χ0) is 18.3. The van der Waals surface area contributed by atoms with Crippen molar-refractivity contribution in [1.29, 1.82) is 0 Å². The summed E-state index contributed by atoms with van der Waals surface area (Å²) < 4.78 is 0.713. The van der Waals surface area contributed by atoms with Crippen molar-refractivity contribution in [1.82, 2.24) is 10.6 Å². The Hall–Kier alpha value is -2.09. The Morgan fingerprint density at radius 1 is 1.31 bits per heavy atom. The Morgan fingerprint density at radius 3 is 2.88 bits per heavy atom. The number of halogens is 1. The summed E-state index contributed by atoms with van der Waals surface area (Å²) >= 11 is 7.48. The van der Waals surface area contributed by atoms with Gasteiger partial charge in [-0.05, 0) is 23.6 Å². The molecule has 1 aliphatic carbocycles. The van der Waals surface area contributed by atoms with Crippen LogP contribution in [-0.4, -0.2) is 35.6 Å². The fourth-order valence-corrected chi connectivity index (χ4v) is 4.99. The molecule has 1 aromatic heterocycles. The minimum absolute atomic E-state index is 0.0792. The first-order valence-electron chi connectivity index (χ1n) is 8.39. The summed E-state index contributed by atoms with van der Waals surface area (Å²) in [5.74, 6) is -0.998. The van der Waals surface area contributed by atoms with Gasteiger partial charge in [0.15, 0.2) is 0 Å². The van der Waals surface area contributed by atoms with Crippen LogP contribution in [0.5, 0.6) is 0 Å². The van der Waals surface area contributed by atoms with E-state index in [9.17, 15) is 9.59 Å². The zero-order valence-electron chi connectivity index (χ0n) is 13.8. The van der Waals surface area contributed by atoms with Gasteiger partial charge in [-0.25, -0.2) is 0 Å². The lowest BCUT2D eigenvalue weighted by atomic mass is 10.1. The summed E-state index contributed by atoms with van der Waals surface area (Å²) in [5, 5.41) is 18.4. The lowest BCUT2D eigenvalue weighted by molar-refractivity contribution is -0.136. The van der Waals surface area contributed by atoms with Gasteiger partial charge in [0.2, 0.25) is 5.91 Å². The Bertz CT molecular complexity index is 846. The molecule has 2 aromatic rings. The molecule has 0 saturated heterocycles. The van der Waals surface area contributed by atoms with Crippen LogP contribution in [0.3, 0.4) is 0 Å². The van der Waals surface area contributed by atoms with Crippen LogP contribution >= 0.6 is 22.9 Å². The minimum atomic E-state index is -0.918. The third kappa shape index (κ3) is 3.30. The number of carboxylic acid groups (broad SMARTS) is 1. The smallest absolute Gasteiger partial charge is 0.317 e. The van der Waals surface area contributed by atoms with Crippen LogP contribution in [0.15, 0.2) is 30.3 Å². The first kappa shape index (κ1) is 17.3. The first-order valence-corrected chi connectivity index (χ1v) is 9.59. The van der Waals surface area contributed by atoms with Crippen molar-refractivity contribution in [3.05, 3.63) is 50.7 Å². The van der Waals surface area contributed by atoms with Gasteiger partial charge < -0.3 is 15.7 Å². The Morgan fingerprint density at radius 2 is 2.12 bits per heavy atom. The van der Waals surface area contributed by atoms with E-state index in [2.05, 4.69) is 16.0 Å². The van der Waals surface area contributed by atoms with Gasteiger partial charge in [-0.3, -0.25) is 14.9 Å². The van der Waals surface area contributed by atoms with E-state index in [1.54, 1.807) is 0 Å². The van der Waals surface area contributed by atoms with Crippen molar-refractivity contribution >= 4 is 40.5 Å². The normalized spacial score (nSPS) is 23.2. The van der Waals surface area contributed by atoms with Crippen molar-refractivity contribution in [3.63, 3.8) is 0 Å². The number of carboxylic acids is 1. The van der Waals surface area contributed by atoms with Crippen molar-refractivity contribution in [2.75, 3.05) is 11.9 Å². The monoisotopic (exact) mass is 391 g/mol. The van der Waals surface area contributed by atoms with Crippen LogP contribution < -0.4 is 16.0 Å². The van der Waals surface area contributed by atoms with Crippen LogP contribution in [0.2, 0.25) is 4.34 Å². The molecule has 0 radical (unpaired) electrons. The topological polar surface area (TPSA) is 90.5 Å². The van der Waals surface area contributed by atoms with Gasteiger partial charge >= 0.3 is 5.97 Å². The number of fused-ring (bicyclic) bond motifs is 2. The standard InChI is InChI=1S/C18H18ClN3O3S/c19-15-7-11-14(26-15)6-13(21-11)18(25)22-12-5-9-3-1-2-4-10(9)17(12)20-8-16(23)24/h1-4,7,12-13,17,20-21H,5-6,8H2,(H,22,25)(H,23,24)/t12-,13?,17+/m1/s1. The van der Waals surface area contributed by atoms with Gasteiger partial charge in [0, 0.05) is 11.3 Å². The zero-order valence-corrected chi connectivity index (χ0v) is 15.4. The number of anilines is 1. The molecule has 0 bridgehead atoms. The van der Waals surface area contributed by atoms with E-state index in [1.165, 1.54) is 11.3 Å². The molecule has 0 spiro atoms. The third-order valence-electron chi connectivity index (χ3n) is 4.85. The fraction of sp³-hybridized carbons (Fsp3) is 0.333. The SMILES string of the molecule is O=C(O)CN[C@H]1c2ccccc2C[C@H]1NC(=O)C1Cc2sc(Cl)cc2N1. The molecule has 4 N–H and O–H groups in total. The second-order valence-electron chi connectivity index (χ2n) is 6.56. The Kier molecular flexibility index (Phi) is 4.60. The molecule has 4 rings (SSSR count). The van der Waals surface area contributed by atoms with Crippen molar-refractivity contribution in [2.24, 2.45) is 0 Å². The Labute approximate surface area is 159 Å². The second-order valence-corrected chi connectivity index (χ2v) is 8.33. The maximum absolute atomic E-state index is 12.7. The molecule has 3 atom stereocenters. The van der Waals surface area contributed by atoms with Crippen LogP contribution in [0.25, 0.3) is 0 Å². The van der Waals surface area contributed by atoms with Gasteiger partial charge in [0.25, 0.3) is 0 Å². The average Bonchev–Trinajstić information content (AvgIpc) is 3.23. The van der Waals surface area contributed by atoms with E-state index in [-0.39, 0.29) is 30.6 Å². The predicted octanol–water partition coefficient (Wildman–Crippen LogP) is 2.19. The summed E-state index contributed by atoms with van der Waals surface area (Å²) in [5.41, 5.74) is 3.10. The van der Waals surface area contributed by atoms with E-state index in [1.807, 2.05) is 30.3 Å². The molecule has 6 nitrogen and oxygen atoms in total. The number of benzene rings is 1. The van der Waals surface area contributed by atoms with E-state index >= 15 is 0 Å². The Balaban J connectivity index is 1.45. The summed E-state index contributed by atoms with van der Waals surface area (Å²) in [4.78, 5) is 24.8. The molecule has 2 aliphatic rings. The molecule has 0 saturated carbocycles. The molecule has 1 unspecified atom stereocenters. The molecule has 26 heavy (non-hydrogen) atoms. The second kappa shape index (κ2) is 6.90. The largest absolute Gasteiger partial charge is 0.480 e.